The summed E-state index contributed by atoms with van der Waals surface area (Å²) in [7, 11) is 0. The van der Waals surface area contributed by atoms with E-state index in [9.17, 15) is 9.90 Å². The average Bonchev–Trinajstić information content (AvgIpc) is 3.52. The highest BCUT2D eigenvalue weighted by molar-refractivity contribution is 5.66. The number of fused-ring (bicyclic) bond motifs is 2. The molecule has 0 spiro atoms. The van der Waals surface area contributed by atoms with Crippen LogP contribution in [0.3, 0.4) is 0 Å². The van der Waals surface area contributed by atoms with E-state index in [0.717, 1.165) is 50.3 Å². The molecule has 0 amide bonds. The maximum Gasteiger partial charge on any atom is 0.303 e. The van der Waals surface area contributed by atoms with Crippen LogP contribution < -0.4 is 0 Å². The first-order valence-electron chi connectivity index (χ1n) is 12.8. The van der Waals surface area contributed by atoms with Gasteiger partial charge in [-0.3, -0.25) is 4.79 Å². The van der Waals surface area contributed by atoms with Crippen molar-refractivity contribution in [3.05, 3.63) is 30.4 Å². The standard InChI is InChI=1S/C26H40N2O4/c29-23(12-7-10-19-8-3-1-4-9-19)22-17-28(18-27-22)16-21-20(24-14-15-25(21)32-24)11-5-2-6-13-26(30)31/h2,5,17-21,23-25,29H,1,3-4,6-16H2,(H,30,31)/b5-2-. The maximum absolute atomic E-state index is 10.7. The number of carboxylic acid groups (broad SMARTS) is 1. The summed E-state index contributed by atoms with van der Waals surface area (Å²) in [4.78, 5) is 15.2. The molecule has 1 aromatic rings. The van der Waals surface area contributed by atoms with Crippen molar-refractivity contribution < 1.29 is 19.7 Å². The molecule has 0 aromatic carbocycles. The van der Waals surface area contributed by atoms with Crippen LogP contribution in [0.15, 0.2) is 24.7 Å². The van der Waals surface area contributed by atoms with Crippen LogP contribution in [0.4, 0.5) is 0 Å². The first kappa shape index (κ1) is 23.5. The summed E-state index contributed by atoms with van der Waals surface area (Å²) >= 11 is 0. The van der Waals surface area contributed by atoms with Crippen LogP contribution >= 0.6 is 0 Å². The predicted molar refractivity (Wildman–Crippen MR) is 123 cm³/mol. The van der Waals surface area contributed by atoms with E-state index in [1.807, 2.05) is 18.6 Å². The summed E-state index contributed by atoms with van der Waals surface area (Å²) in [6.45, 7) is 0.872. The van der Waals surface area contributed by atoms with E-state index in [1.165, 1.54) is 38.5 Å². The number of rotatable bonds is 12. The van der Waals surface area contributed by atoms with Gasteiger partial charge in [-0.1, -0.05) is 57.1 Å². The Kier molecular flexibility index (Phi) is 8.42. The zero-order valence-electron chi connectivity index (χ0n) is 19.3. The van der Waals surface area contributed by atoms with Gasteiger partial charge < -0.3 is 19.5 Å². The lowest BCUT2D eigenvalue weighted by molar-refractivity contribution is -0.136. The summed E-state index contributed by atoms with van der Waals surface area (Å²) in [6, 6.07) is 0. The SMILES string of the molecule is O=C(O)CC/C=C\CC1C2CCC(O2)C1Cn1cnc(C(O)CCCC2CCCCC2)c1. The number of aromatic nitrogens is 2. The molecule has 0 radical (unpaired) electrons. The lowest BCUT2D eigenvalue weighted by Crippen LogP contribution is -2.30. The maximum atomic E-state index is 10.7. The molecule has 2 bridgehead atoms. The quantitative estimate of drug-likeness (QED) is 0.429. The third-order valence-electron chi connectivity index (χ3n) is 7.92. The number of ether oxygens (including phenoxy) is 1. The van der Waals surface area contributed by atoms with Gasteiger partial charge in [-0.15, -0.1) is 0 Å². The number of aliphatic hydroxyl groups excluding tert-OH is 1. The number of hydrogen-bond donors (Lipinski definition) is 2. The zero-order chi connectivity index (χ0) is 22.3. The van der Waals surface area contributed by atoms with Gasteiger partial charge in [0.05, 0.1) is 30.3 Å². The summed E-state index contributed by atoms with van der Waals surface area (Å²) in [6.07, 6.45) is 22.2. The van der Waals surface area contributed by atoms with Crippen molar-refractivity contribution in [1.29, 1.82) is 0 Å². The topological polar surface area (TPSA) is 84.6 Å². The first-order valence-corrected chi connectivity index (χ1v) is 12.8. The Morgan fingerprint density at radius 1 is 1.16 bits per heavy atom. The molecule has 3 fully saturated rings. The minimum absolute atomic E-state index is 0.188. The Balaban J connectivity index is 1.25. The van der Waals surface area contributed by atoms with Crippen LogP contribution in [0.5, 0.6) is 0 Å². The molecular formula is C26H40N2O4. The first-order chi connectivity index (χ1) is 15.6. The van der Waals surface area contributed by atoms with Gasteiger partial charge >= 0.3 is 5.97 Å². The van der Waals surface area contributed by atoms with Gasteiger partial charge in [0.25, 0.3) is 0 Å². The van der Waals surface area contributed by atoms with Gasteiger partial charge in [-0.05, 0) is 43.9 Å². The molecule has 1 saturated carbocycles. The second kappa shape index (κ2) is 11.5. The van der Waals surface area contributed by atoms with Crippen LogP contribution in [0, 0.1) is 17.8 Å². The summed E-state index contributed by atoms with van der Waals surface area (Å²) in [5, 5.41) is 19.4. The highest BCUT2D eigenvalue weighted by Crippen LogP contribution is 2.46. The molecular weight excluding hydrogens is 404 g/mol. The number of hydrogen-bond acceptors (Lipinski definition) is 4. The van der Waals surface area contributed by atoms with Crippen molar-refractivity contribution >= 4 is 5.97 Å². The van der Waals surface area contributed by atoms with Crippen LogP contribution in [0.1, 0.15) is 95.3 Å². The molecule has 2 saturated heterocycles. The molecule has 2 aliphatic heterocycles. The number of carboxylic acids is 1. The Labute approximate surface area is 192 Å². The van der Waals surface area contributed by atoms with Crippen LogP contribution in [-0.2, 0) is 16.1 Å². The van der Waals surface area contributed by atoms with Crippen molar-refractivity contribution in [3.8, 4) is 0 Å². The number of allylic oxidation sites excluding steroid dienone is 2. The van der Waals surface area contributed by atoms with Crippen LogP contribution in [0.2, 0.25) is 0 Å². The number of nitrogens with zero attached hydrogens (tertiary/aromatic N) is 2. The minimum atomic E-state index is -0.747. The molecule has 2 N–H and O–H groups in total. The lowest BCUT2D eigenvalue weighted by atomic mass is 9.77. The van der Waals surface area contributed by atoms with Gasteiger partial charge in [-0.25, -0.2) is 4.98 Å². The Morgan fingerprint density at radius 3 is 2.72 bits per heavy atom. The summed E-state index contributed by atoms with van der Waals surface area (Å²) < 4.78 is 8.35. The fourth-order valence-corrected chi connectivity index (χ4v) is 6.14. The second-order valence-electron chi connectivity index (χ2n) is 10.2. The lowest BCUT2D eigenvalue weighted by Gasteiger charge is -2.27. The minimum Gasteiger partial charge on any atom is -0.481 e. The average molecular weight is 445 g/mol. The van der Waals surface area contributed by atoms with E-state index in [-0.39, 0.29) is 6.42 Å². The smallest absolute Gasteiger partial charge is 0.303 e. The van der Waals surface area contributed by atoms with Crippen molar-refractivity contribution in [3.63, 3.8) is 0 Å². The van der Waals surface area contributed by atoms with Crippen molar-refractivity contribution in [2.75, 3.05) is 0 Å². The highest BCUT2D eigenvalue weighted by atomic mass is 16.5. The molecule has 32 heavy (non-hydrogen) atoms. The van der Waals surface area contributed by atoms with Gasteiger partial charge in [0, 0.05) is 25.1 Å². The van der Waals surface area contributed by atoms with Crippen molar-refractivity contribution in [2.45, 2.75) is 108 Å². The highest BCUT2D eigenvalue weighted by Gasteiger charge is 2.48. The molecule has 178 valence electrons. The van der Waals surface area contributed by atoms with Crippen LogP contribution in [0.25, 0.3) is 0 Å². The van der Waals surface area contributed by atoms with Gasteiger partial charge in [-0.2, -0.15) is 0 Å². The third kappa shape index (κ3) is 6.22. The normalized spacial score (nSPS) is 29.2. The van der Waals surface area contributed by atoms with Gasteiger partial charge in [0.15, 0.2) is 0 Å². The molecule has 6 nitrogen and oxygen atoms in total. The molecule has 3 heterocycles. The summed E-state index contributed by atoms with van der Waals surface area (Å²) in [5.74, 6) is 1.04. The third-order valence-corrected chi connectivity index (χ3v) is 7.92. The van der Waals surface area contributed by atoms with Gasteiger partial charge in [0.1, 0.15) is 0 Å². The monoisotopic (exact) mass is 444 g/mol. The fourth-order valence-electron chi connectivity index (χ4n) is 6.14. The predicted octanol–water partition coefficient (Wildman–Crippen LogP) is 5.27. The molecule has 5 atom stereocenters. The summed E-state index contributed by atoms with van der Waals surface area (Å²) in [5.41, 5.74) is 0.794. The van der Waals surface area contributed by atoms with Crippen LogP contribution in [-0.4, -0.2) is 37.9 Å². The number of aliphatic hydroxyl groups is 1. The fraction of sp³-hybridized carbons (Fsp3) is 0.769. The van der Waals surface area contributed by atoms with E-state index >= 15 is 0 Å². The molecule has 3 aliphatic rings. The van der Waals surface area contributed by atoms with E-state index in [4.69, 9.17) is 9.84 Å². The molecule has 1 aliphatic carbocycles. The van der Waals surface area contributed by atoms with E-state index in [1.54, 1.807) is 0 Å². The Hall–Kier alpha value is -1.66. The largest absolute Gasteiger partial charge is 0.481 e. The zero-order valence-corrected chi connectivity index (χ0v) is 19.3. The van der Waals surface area contributed by atoms with Crippen molar-refractivity contribution in [2.24, 2.45) is 17.8 Å². The molecule has 6 heteroatoms. The number of carbonyl (C=O) groups is 1. The molecule has 5 unspecified atom stereocenters. The van der Waals surface area contributed by atoms with Crippen molar-refractivity contribution in [1.82, 2.24) is 9.55 Å². The Morgan fingerprint density at radius 2 is 1.94 bits per heavy atom. The number of imidazole rings is 1. The van der Waals surface area contributed by atoms with E-state index < -0.39 is 12.1 Å². The Bertz CT molecular complexity index is 755. The number of aliphatic carboxylic acids is 1. The second-order valence-corrected chi connectivity index (χ2v) is 10.2. The van der Waals surface area contributed by atoms with Gasteiger partial charge in [0.2, 0.25) is 0 Å². The molecule has 4 rings (SSSR count). The van der Waals surface area contributed by atoms with E-state index in [0.29, 0.717) is 30.5 Å². The molecule has 1 aromatic heterocycles. The van der Waals surface area contributed by atoms with E-state index in [2.05, 4.69) is 15.6 Å².